The molecule has 1 amide bonds. The zero-order chi connectivity index (χ0) is 13.0. The van der Waals surface area contributed by atoms with Gasteiger partial charge in [0.15, 0.2) is 0 Å². The van der Waals surface area contributed by atoms with Crippen molar-refractivity contribution in [1.29, 1.82) is 0 Å². The van der Waals surface area contributed by atoms with Crippen LogP contribution in [0.1, 0.15) is 37.7 Å². The Labute approximate surface area is 113 Å². The molecule has 1 aromatic rings. The van der Waals surface area contributed by atoms with Gasteiger partial charge >= 0.3 is 0 Å². The average Bonchev–Trinajstić information content (AvgIpc) is 2.32. The second kappa shape index (κ2) is 6.10. The van der Waals surface area contributed by atoms with E-state index in [0.29, 0.717) is 23.7 Å². The van der Waals surface area contributed by atoms with Crippen molar-refractivity contribution < 1.29 is 4.79 Å². The molecule has 1 heterocycles. The first-order valence-corrected chi connectivity index (χ1v) is 6.87. The molecule has 4 heteroatoms. The van der Waals surface area contributed by atoms with E-state index in [1.54, 1.807) is 0 Å². The molecule has 0 atom stereocenters. The van der Waals surface area contributed by atoms with E-state index >= 15 is 0 Å². The highest BCUT2D eigenvalue weighted by atomic mass is 35.5. The Kier molecular flexibility index (Phi) is 4.48. The Hall–Kier alpha value is -1.22. The van der Waals surface area contributed by atoms with Crippen molar-refractivity contribution >= 4 is 23.2 Å². The fraction of sp³-hybridized carbons (Fsp3) is 0.500. The molecule has 1 aliphatic rings. The summed E-state index contributed by atoms with van der Waals surface area (Å²) in [6.07, 6.45) is 5.06. The minimum absolute atomic E-state index is 0.217. The Balaban J connectivity index is 2.13. The van der Waals surface area contributed by atoms with Gasteiger partial charge in [-0.2, -0.15) is 0 Å². The normalized spacial score (nSPS) is 17.4. The molecule has 0 bridgehead atoms. The lowest BCUT2D eigenvalue weighted by Gasteiger charge is -2.25. The number of benzene rings is 1. The van der Waals surface area contributed by atoms with E-state index in [4.69, 9.17) is 17.3 Å². The molecule has 18 heavy (non-hydrogen) atoms. The van der Waals surface area contributed by atoms with E-state index in [-0.39, 0.29) is 5.91 Å². The van der Waals surface area contributed by atoms with Gasteiger partial charge in [-0.15, -0.1) is 0 Å². The van der Waals surface area contributed by atoms with Gasteiger partial charge in [0.25, 0.3) is 0 Å². The summed E-state index contributed by atoms with van der Waals surface area (Å²) in [5.74, 6) is 0.217. The molecular weight excluding hydrogens is 248 g/mol. The summed E-state index contributed by atoms with van der Waals surface area (Å²) in [6.45, 7) is 1.34. The van der Waals surface area contributed by atoms with Crippen molar-refractivity contribution in [2.45, 2.75) is 38.6 Å². The molecule has 0 saturated carbocycles. The summed E-state index contributed by atoms with van der Waals surface area (Å²) < 4.78 is 0. The lowest BCUT2D eigenvalue weighted by molar-refractivity contribution is -0.132. The number of carbonyl (C=O) groups excluding carboxylic acids is 1. The quantitative estimate of drug-likeness (QED) is 0.836. The SMILES string of the molecule is Nc1cccc(Cl)c1CN1CCCCCCC1=O. The van der Waals surface area contributed by atoms with Crippen LogP contribution in [-0.2, 0) is 11.3 Å². The lowest BCUT2D eigenvalue weighted by atomic mass is 10.1. The van der Waals surface area contributed by atoms with Gasteiger partial charge in [0.1, 0.15) is 0 Å². The standard InChI is InChI=1S/C14H19ClN2O/c15-12-6-5-7-13(16)11(12)10-17-9-4-2-1-3-8-14(17)18/h5-7H,1-4,8-10,16H2. The highest BCUT2D eigenvalue weighted by Gasteiger charge is 2.17. The molecule has 1 fully saturated rings. The number of hydrogen-bond acceptors (Lipinski definition) is 2. The third-order valence-electron chi connectivity index (χ3n) is 3.43. The van der Waals surface area contributed by atoms with Crippen molar-refractivity contribution in [2.75, 3.05) is 12.3 Å². The van der Waals surface area contributed by atoms with Crippen LogP contribution in [0.3, 0.4) is 0 Å². The van der Waals surface area contributed by atoms with Crippen LogP contribution in [0, 0.1) is 0 Å². The predicted molar refractivity (Wildman–Crippen MR) is 74.4 cm³/mol. The van der Waals surface area contributed by atoms with Crippen LogP contribution >= 0.6 is 11.6 Å². The molecule has 1 saturated heterocycles. The van der Waals surface area contributed by atoms with E-state index in [1.165, 1.54) is 6.42 Å². The maximum absolute atomic E-state index is 12.0. The lowest BCUT2D eigenvalue weighted by Crippen LogP contribution is -2.32. The molecule has 1 aromatic carbocycles. The van der Waals surface area contributed by atoms with Gasteiger partial charge in [-0.05, 0) is 25.0 Å². The topological polar surface area (TPSA) is 46.3 Å². The molecule has 3 nitrogen and oxygen atoms in total. The molecule has 2 N–H and O–H groups in total. The molecule has 0 spiro atoms. The van der Waals surface area contributed by atoms with Gasteiger partial charge in [-0.1, -0.05) is 30.5 Å². The third kappa shape index (κ3) is 3.16. The van der Waals surface area contributed by atoms with Crippen LogP contribution in [0.15, 0.2) is 18.2 Å². The Morgan fingerprint density at radius 1 is 1.22 bits per heavy atom. The van der Waals surface area contributed by atoms with E-state index in [9.17, 15) is 4.79 Å². The highest BCUT2D eigenvalue weighted by Crippen LogP contribution is 2.24. The summed E-state index contributed by atoms with van der Waals surface area (Å²) >= 11 is 6.15. The van der Waals surface area contributed by atoms with E-state index in [2.05, 4.69) is 0 Å². The number of anilines is 1. The predicted octanol–water partition coefficient (Wildman–Crippen LogP) is 3.21. The zero-order valence-electron chi connectivity index (χ0n) is 10.5. The third-order valence-corrected chi connectivity index (χ3v) is 3.78. The van der Waals surface area contributed by atoms with Gasteiger partial charge in [-0.25, -0.2) is 0 Å². The molecule has 0 aliphatic carbocycles. The summed E-state index contributed by atoms with van der Waals surface area (Å²) in [4.78, 5) is 13.9. The monoisotopic (exact) mass is 266 g/mol. The van der Waals surface area contributed by atoms with Gasteiger partial charge in [0, 0.05) is 35.8 Å². The molecular formula is C14H19ClN2O. The van der Waals surface area contributed by atoms with Crippen molar-refractivity contribution in [3.8, 4) is 0 Å². The number of halogens is 1. The summed E-state index contributed by atoms with van der Waals surface area (Å²) in [5, 5.41) is 0.643. The fourth-order valence-electron chi connectivity index (χ4n) is 2.32. The summed E-state index contributed by atoms with van der Waals surface area (Å²) in [7, 11) is 0. The van der Waals surface area contributed by atoms with Crippen LogP contribution in [0.25, 0.3) is 0 Å². The van der Waals surface area contributed by atoms with Crippen molar-refractivity contribution in [3.63, 3.8) is 0 Å². The number of nitrogen functional groups attached to an aromatic ring is 1. The maximum Gasteiger partial charge on any atom is 0.222 e. The Bertz CT molecular complexity index is 414. The minimum atomic E-state index is 0.217. The molecule has 0 aromatic heterocycles. The summed E-state index contributed by atoms with van der Waals surface area (Å²) in [5.41, 5.74) is 7.46. The first-order valence-electron chi connectivity index (χ1n) is 6.49. The second-order valence-corrected chi connectivity index (χ2v) is 5.19. The van der Waals surface area contributed by atoms with Crippen molar-refractivity contribution in [2.24, 2.45) is 0 Å². The number of hydrogen-bond donors (Lipinski definition) is 1. The van der Waals surface area contributed by atoms with E-state index in [0.717, 1.165) is 31.4 Å². The Morgan fingerprint density at radius 3 is 2.78 bits per heavy atom. The van der Waals surface area contributed by atoms with Gasteiger partial charge < -0.3 is 10.6 Å². The zero-order valence-corrected chi connectivity index (χ0v) is 11.2. The molecule has 0 unspecified atom stereocenters. The van der Waals surface area contributed by atoms with Crippen LogP contribution in [0.5, 0.6) is 0 Å². The number of carbonyl (C=O) groups is 1. The van der Waals surface area contributed by atoms with Crippen LogP contribution < -0.4 is 5.73 Å². The smallest absolute Gasteiger partial charge is 0.222 e. The highest BCUT2D eigenvalue weighted by molar-refractivity contribution is 6.31. The molecule has 98 valence electrons. The summed E-state index contributed by atoms with van der Waals surface area (Å²) in [6, 6.07) is 5.48. The van der Waals surface area contributed by atoms with Crippen LogP contribution in [0.4, 0.5) is 5.69 Å². The largest absolute Gasteiger partial charge is 0.398 e. The molecule has 2 rings (SSSR count). The van der Waals surface area contributed by atoms with Gasteiger partial charge in [0.05, 0.1) is 0 Å². The van der Waals surface area contributed by atoms with Gasteiger partial charge in [-0.3, -0.25) is 4.79 Å². The number of nitrogens with zero attached hydrogens (tertiary/aromatic N) is 1. The first-order chi connectivity index (χ1) is 8.68. The number of likely N-dealkylation sites (tertiary alicyclic amines) is 1. The van der Waals surface area contributed by atoms with Crippen molar-refractivity contribution in [3.05, 3.63) is 28.8 Å². The number of nitrogens with two attached hydrogens (primary N) is 1. The minimum Gasteiger partial charge on any atom is -0.398 e. The van der Waals surface area contributed by atoms with Gasteiger partial charge in [0.2, 0.25) is 5.91 Å². The molecule has 0 radical (unpaired) electrons. The van der Waals surface area contributed by atoms with E-state index < -0.39 is 0 Å². The number of amides is 1. The Morgan fingerprint density at radius 2 is 2.00 bits per heavy atom. The van der Waals surface area contributed by atoms with E-state index in [1.807, 2.05) is 23.1 Å². The molecule has 1 aliphatic heterocycles. The van der Waals surface area contributed by atoms with Crippen LogP contribution in [-0.4, -0.2) is 17.4 Å². The van der Waals surface area contributed by atoms with Crippen molar-refractivity contribution in [1.82, 2.24) is 4.90 Å². The van der Waals surface area contributed by atoms with Crippen LogP contribution in [0.2, 0.25) is 5.02 Å². The second-order valence-electron chi connectivity index (χ2n) is 4.79. The fourth-order valence-corrected chi connectivity index (χ4v) is 2.56. The maximum atomic E-state index is 12.0. The average molecular weight is 267 g/mol. The number of rotatable bonds is 2. The first kappa shape index (κ1) is 13.2.